The van der Waals surface area contributed by atoms with E-state index in [1.54, 1.807) is 10.9 Å². The van der Waals surface area contributed by atoms with Crippen molar-refractivity contribution >= 4 is 5.91 Å². The van der Waals surface area contributed by atoms with Gasteiger partial charge in [0.05, 0.1) is 18.1 Å². The third kappa shape index (κ3) is 3.95. The van der Waals surface area contributed by atoms with Gasteiger partial charge in [0.25, 0.3) is 5.91 Å². The molecule has 1 atom stereocenters. The first kappa shape index (κ1) is 16.2. The summed E-state index contributed by atoms with van der Waals surface area (Å²) in [5, 5.41) is 3.15. The molecule has 1 aromatic heterocycles. The van der Waals surface area contributed by atoms with Gasteiger partial charge < -0.3 is 14.8 Å². The van der Waals surface area contributed by atoms with Gasteiger partial charge in [-0.05, 0) is 39.5 Å². The maximum absolute atomic E-state index is 12.6. The standard InChI is InChI=1S/C17H24N4O/c1-13-16(21(4)12-18-13)17(22)19-15(10-11-20(2)3)14-8-6-5-7-9-14/h5-9,12,15H,10-11H2,1-4H3,(H,19,22). The van der Waals surface area contributed by atoms with Crippen LogP contribution in [0, 0.1) is 6.92 Å². The Hall–Kier alpha value is -2.14. The lowest BCUT2D eigenvalue weighted by Crippen LogP contribution is -2.32. The van der Waals surface area contributed by atoms with E-state index in [0.717, 1.165) is 24.2 Å². The molecule has 1 N–H and O–H groups in total. The van der Waals surface area contributed by atoms with Crippen LogP contribution < -0.4 is 5.32 Å². The van der Waals surface area contributed by atoms with Crippen LogP contribution in [0.15, 0.2) is 36.7 Å². The first-order valence-electron chi connectivity index (χ1n) is 7.47. The Morgan fingerprint density at radius 3 is 2.55 bits per heavy atom. The van der Waals surface area contributed by atoms with Crippen LogP contribution in [0.5, 0.6) is 0 Å². The maximum atomic E-state index is 12.6. The van der Waals surface area contributed by atoms with E-state index in [9.17, 15) is 4.79 Å². The smallest absolute Gasteiger partial charge is 0.270 e. The summed E-state index contributed by atoms with van der Waals surface area (Å²) in [6.45, 7) is 2.76. The van der Waals surface area contributed by atoms with Crippen molar-refractivity contribution < 1.29 is 4.79 Å². The molecule has 118 valence electrons. The van der Waals surface area contributed by atoms with Gasteiger partial charge >= 0.3 is 0 Å². The highest BCUT2D eigenvalue weighted by Crippen LogP contribution is 2.18. The van der Waals surface area contributed by atoms with Gasteiger partial charge in [-0.3, -0.25) is 4.79 Å². The molecule has 0 spiro atoms. The topological polar surface area (TPSA) is 50.2 Å². The number of aromatic nitrogens is 2. The number of rotatable bonds is 6. The molecule has 0 aliphatic rings. The van der Waals surface area contributed by atoms with E-state index < -0.39 is 0 Å². The molecule has 1 heterocycles. The van der Waals surface area contributed by atoms with Gasteiger partial charge in [-0.2, -0.15) is 0 Å². The zero-order valence-electron chi connectivity index (χ0n) is 13.7. The SMILES string of the molecule is Cc1ncn(C)c1C(=O)NC(CCN(C)C)c1ccccc1. The molecule has 0 aliphatic carbocycles. The third-order valence-corrected chi connectivity index (χ3v) is 3.71. The van der Waals surface area contributed by atoms with Crippen molar-refractivity contribution in [3.8, 4) is 0 Å². The number of amides is 1. The Balaban J connectivity index is 2.17. The molecule has 0 saturated heterocycles. The average Bonchev–Trinajstić information content (AvgIpc) is 2.83. The number of carbonyl (C=O) groups is 1. The number of aryl methyl sites for hydroxylation is 2. The van der Waals surface area contributed by atoms with Crippen LogP contribution in [0.3, 0.4) is 0 Å². The number of nitrogens with zero attached hydrogens (tertiary/aromatic N) is 3. The van der Waals surface area contributed by atoms with Crippen molar-refractivity contribution in [1.29, 1.82) is 0 Å². The minimum absolute atomic E-state index is 0.00889. The van der Waals surface area contributed by atoms with E-state index in [4.69, 9.17) is 0 Å². The molecule has 5 nitrogen and oxygen atoms in total. The lowest BCUT2D eigenvalue weighted by molar-refractivity contribution is 0.0923. The normalized spacial score (nSPS) is 12.4. The number of carbonyl (C=O) groups excluding carboxylic acids is 1. The van der Waals surface area contributed by atoms with Crippen molar-refractivity contribution in [3.05, 3.63) is 53.6 Å². The average molecular weight is 300 g/mol. The Labute approximate surface area is 132 Å². The first-order chi connectivity index (χ1) is 10.5. The summed E-state index contributed by atoms with van der Waals surface area (Å²) in [4.78, 5) is 18.9. The fourth-order valence-electron chi connectivity index (χ4n) is 2.49. The summed E-state index contributed by atoms with van der Waals surface area (Å²) in [6, 6.07) is 10.1. The molecule has 0 aliphatic heterocycles. The van der Waals surface area contributed by atoms with E-state index in [0.29, 0.717) is 5.69 Å². The van der Waals surface area contributed by atoms with Crippen molar-refractivity contribution in [1.82, 2.24) is 19.8 Å². The van der Waals surface area contributed by atoms with Crippen molar-refractivity contribution in [3.63, 3.8) is 0 Å². The Bertz CT molecular complexity index is 599. The molecule has 0 bridgehead atoms. The van der Waals surface area contributed by atoms with Crippen molar-refractivity contribution in [2.45, 2.75) is 19.4 Å². The molecular formula is C17H24N4O. The molecule has 0 radical (unpaired) electrons. The van der Waals surface area contributed by atoms with Crippen LogP contribution in [-0.4, -0.2) is 41.0 Å². The highest BCUT2D eigenvalue weighted by Gasteiger charge is 2.19. The number of imidazole rings is 1. The van der Waals surface area contributed by atoms with Gasteiger partial charge in [-0.1, -0.05) is 30.3 Å². The van der Waals surface area contributed by atoms with Gasteiger partial charge in [-0.15, -0.1) is 0 Å². The van der Waals surface area contributed by atoms with E-state index in [1.165, 1.54) is 0 Å². The fraction of sp³-hybridized carbons (Fsp3) is 0.412. The number of benzene rings is 1. The van der Waals surface area contributed by atoms with Crippen LogP contribution >= 0.6 is 0 Å². The van der Waals surface area contributed by atoms with E-state index >= 15 is 0 Å². The second kappa shape index (κ2) is 7.22. The van der Waals surface area contributed by atoms with Crippen LogP contribution in [0.2, 0.25) is 0 Å². The number of hydrogen-bond donors (Lipinski definition) is 1. The Morgan fingerprint density at radius 2 is 2.00 bits per heavy atom. The van der Waals surface area contributed by atoms with E-state index in [2.05, 4.69) is 27.3 Å². The summed E-state index contributed by atoms with van der Waals surface area (Å²) in [7, 11) is 5.91. The molecule has 0 fully saturated rings. The highest BCUT2D eigenvalue weighted by atomic mass is 16.2. The van der Waals surface area contributed by atoms with E-state index in [1.807, 2.05) is 46.3 Å². The number of nitrogens with one attached hydrogen (secondary N) is 1. The summed E-state index contributed by atoms with van der Waals surface area (Å²) < 4.78 is 1.76. The zero-order valence-corrected chi connectivity index (χ0v) is 13.7. The summed E-state index contributed by atoms with van der Waals surface area (Å²) in [5.74, 6) is -0.0786. The molecule has 1 unspecified atom stereocenters. The summed E-state index contributed by atoms with van der Waals surface area (Å²) in [5.41, 5.74) is 2.49. The second-order valence-corrected chi connectivity index (χ2v) is 5.82. The quantitative estimate of drug-likeness (QED) is 0.889. The highest BCUT2D eigenvalue weighted by molar-refractivity contribution is 5.93. The van der Waals surface area contributed by atoms with Gasteiger partial charge in [0.1, 0.15) is 5.69 Å². The molecule has 0 saturated carbocycles. The maximum Gasteiger partial charge on any atom is 0.270 e. The first-order valence-corrected chi connectivity index (χ1v) is 7.47. The van der Waals surface area contributed by atoms with Gasteiger partial charge in [-0.25, -0.2) is 4.98 Å². The molecule has 1 aromatic carbocycles. The molecule has 22 heavy (non-hydrogen) atoms. The number of hydrogen-bond acceptors (Lipinski definition) is 3. The monoisotopic (exact) mass is 300 g/mol. The van der Waals surface area contributed by atoms with Crippen LogP contribution in [0.4, 0.5) is 0 Å². The van der Waals surface area contributed by atoms with Crippen LogP contribution in [-0.2, 0) is 7.05 Å². The molecular weight excluding hydrogens is 276 g/mol. The summed E-state index contributed by atoms with van der Waals surface area (Å²) in [6.07, 6.45) is 2.53. The third-order valence-electron chi connectivity index (χ3n) is 3.71. The summed E-state index contributed by atoms with van der Waals surface area (Å²) >= 11 is 0. The molecule has 1 amide bonds. The predicted molar refractivity (Wildman–Crippen MR) is 87.8 cm³/mol. The lowest BCUT2D eigenvalue weighted by atomic mass is 10.0. The van der Waals surface area contributed by atoms with Crippen molar-refractivity contribution in [2.75, 3.05) is 20.6 Å². The largest absolute Gasteiger partial charge is 0.344 e. The van der Waals surface area contributed by atoms with Gasteiger partial charge in [0, 0.05) is 7.05 Å². The van der Waals surface area contributed by atoms with Crippen LogP contribution in [0.25, 0.3) is 0 Å². The molecule has 2 aromatic rings. The van der Waals surface area contributed by atoms with E-state index in [-0.39, 0.29) is 11.9 Å². The van der Waals surface area contributed by atoms with Gasteiger partial charge in [0.15, 0.2) is 0 Å². The molecule has 2 rings (SSSR count). The Kier molecular flexibility index (Phi) is 5.33. The lowest BCUT2D eigenvalue weighted by Gasteiger charge is -2.21. The minimum Gasteiger partial charge on any atom is -0.344 e. The predicted octanol–water partition coefficient (Wildman–Crippen LogP) is 2.15. The Morgan fingerprint density at radius 1 is 1.32 bits per heavy atom. The fourth-order valence-corrected chi connectivity index (χ4v) is 2.49. The second-order valence-electron chi connectivity index (χ2n) is 5.82. The molecule has 5 heteroatoms. The van der Waals surface area contributed by atoms with Crippen LogP contribution in [0.1, 0.15) is 34.2 Å². The van der Waals surface area contributed by atoms with Gasteiger partial charge in [0.2, 0.25) is 0 Å². The zero-order chi connectivity index (χ0) is 16.1. The minimum atomic E-state index is -0.0786. The van der Waals surface area contributed by atoms with Crippen molar-refractivity contribution in [2.24, 2.45) is 7.05 Å².